The number of fused-ring (bicyclic) bond motifs is 1. The van der Waals surface area contributed by atoms with Crippen LogP contribution in [0.2, 0.25) is 0 Å². The maximum atomic E-state index is 14.3. The summed E-state index contributed by atoms with van der Waals surface area (Å²) in [6, 6.07) is 10.3. The van der Waals surface area contributed by atoms with Crippen LogP contribution in [0, 0.1) is 5.82 Å². The number of methoxy groups -OCH3 is 1. The van der Waals surface area contributed by atoms with E-state index in [1.54, 1.807) is 15.7 Å². The van der Waals surface area contributed by atoms with Crippen LogP contribution >= 0.6 is 0 Å². The number of carbonyl (C=O) groups is 2. The van der Waals surface area contributed by atoms with Crippen molar-refractivity contribution in [1.82, 2.24) is 14.7 Å². The normalized spacial score (nSPS) is 16.2. The molecule has 0 aliphatic carbocycles. The predicted octanol–water partition coefficient (Wildman–Crippen LogP) is 6.07. The largest absolute Gasteiger partial charge is 0.501 e. The van der Waals surface area contributed by atoms with Crippen LogP contribution in [-0.2, 0) is 14.2 Å². The minimum Gasteiger partial charge on any atom is -0.501 e. The molecule has 0 N–H and O–H groups in total. The Hall–Kier alpha value is -3.88. The molecule has 0 bridgehead atoms. The molecule has 0 spiro atoms. The maximum Gasteiger partial charge on any atom is 0.410 e. The van der Waals surface area contributed by atoms with E-state index >= 15 is 0 Å². The zero-order chi connectivity index (χ0) is 27.4. The van der Waals surface area contributed by atoms with E-state index in [0.29, 0.717) is 36.3 Å². The summed E-state index contributed by atoms with van der Waals surface area (Å²) in [5, 5.41) is 5.07. The summed E-state index contributed by atoms with van der Waals surface area (Å²) in [5.74, 6) is -1.05. The van der Waals surface area contributed by atoms with E-state index < -0.39 is 17.4 Å². The third kappa shape index (κ3) is 5.98. The van der Waals surface area contributed by atoms with E-state index in [-0.39, 0.29) is 17.6 Å². The summed E-state index contributed by atoms with van der Waals surface area (Å²) < 4.78 is 31.9. The van der Waals surface area contributed by atoms with Crippen LogP contribution < -0.4 is 0 Å². The van der Waals surface area contributed by atoms with E-state index in [4.69, 9.17) is 14.2 Å². The number of hydrogen-bond donors (Lipinski definition) is 0. The summed E-state index contributed by atoms with van der Waals surface area (Å²) >= 11 is 0. The molecule has 38 heavy (non-hydrogen) atoms. The average molecular weight is 524 g/mol. The number of nitrogens with zero attached hydrogens (tertiary/aromatic N) is 3. The van der Waals surface area contributed by atoms with Crippen molar-refractivity contribution in [1.29, 1.82) is 0 Å². The van der Waals surface area contributed by atoms with Crippen LogP contribution in [0.3, 0.4) is 0 Å². The van der Waals surface area contributed by atoms with Gasteiger partial charge in [-0.05, 0) is 70.4 Å². The number of esters is 1. The van der Waals surface area contributed by atoms with Gasteiger partial charge in [-0.3, -0.25) is 0 Å². The van der Waals surface area contributed by atoms with Gasteiger partial charge in [0.25, 0.3) is 0 Å². The molecule has 1 unspecified atom stereocenters. The van der Waals surface area contributed by atoms with Crippen LogP contribution in [0.1, 0.15) is 68.1 Å². The fraction of sp³-hybridized carbons (Fsp3) is 0.414. The van der Waals surface area contributed by atoms with Crippen molar-refractivity contribution in [2.75, 3.05) is 26.8 Å². The van der Waals surface area contributed by atoms with Gasteiger partial charge >= 0.3 is 12.1 Å². The van der Waals surface area contributed by atoms with Gasteiger partial charge in [-0.1, -0.05) is 12.1 Å². The summed E-state index contributed by atoms with van der Waals surface area (Å²) in [7, 11) is 1.26. The minimum atomic E-state index is -0.651. The molecule has 1 aliphatic rings. The highest BCUT2D eigenvalue weighted by Gasteiger charge is 2.28. The van der Waals surface area contributed by atoms with Crippen LogP contribution in [0.25, 0.3) is 22.7 Å². The first-order valence-electron chi connectivity index (χ1n) is 12.8. The zero-order valence-corrected chi connectivity index (χ0v) is 22.5. The standard InChI is InChI=1S/C29H34FN3O5/c1-6-37-15-13-25-26-23(27(34)36-5)16-21(30)17-24(26)31-33(25)22-11-9-19(10-12-22)20-8-7-14-32(18-20)28(35)38-29(2,3)4/h9-13,15-17,20H,6-8,14,18H2,1-5H3/b15-13-. The number of amides is 1. The lowest BCUT2D eigenvalue weighted by Crippen LogP contribution is -2.42. The molecule has 8 nitrogen and oxygen atoms in total. The third-order valence-electron chi connectivity index (χ3n) is 6.35. The number of benzene rings is 2. The maximum absolute atomic E-state index is 14.3. The molecule has 1 amide bonds. The van der Waals surface area contributed by atoms with Crippen molar-refractivity contribution >= 4 is 29.0 Å². The minimum absolute atomic E-state index is 0.0889. The van der Waals surface area contributed by atoms with Crippen LogP contribution in [0.5, 0.6) is 0 Å². The Morgan fingerprint density at radius 2 is 1.92 bits per heavy atom. The van der Waals surface area contributed by atoms with Gasteiger partial charge in [-0.25, -0.2) is 18.7 Å². The molecule has 2 aromatic carbocycles. The van der Waals surface area contributed by atoms with Crippen molar-refractivity contribution in [3.8, 4) is 5.69 Å². The summed E-state index contributed by atoms with van der Waals surface area (Å²) in [6.07, 6.45) is 4.80. The lowest BCUT2D eigenvalue weighted by molar-refractivity contribution is 0.0198. The second-order valence-electron chi connectivity index (χ2n) is 10.3. The number of rotatable bonds is 6. The fourth-order valence-corrected chi connectivity index (χ4v) is 4.67. The monoisotopic (exact) mass is 523 g/mol. The van der Waals surface area contributed by atoms with Gasteiger partial charge < -0.3 is 19.1 Å². The van der Waals surface area contributed by atoms with Crippen LogP contribution in [-0.4, -0.2) is 59.2 Å². The van der Waals surface area contributed by atoms with Gasteiger partial charge in [0.2, 0.25) is 0 Å². The Balaban J connectivity index is 1.67. The van der Waals surface area contributed by atoms with Gasteiger partial charge in [0.1, 0.15) is 11.4 Å². The van der Waals surface area contributed by atoms with Gasteiger partial charge in [-0.2, -0.15) is 5.10 Å². The molecule has 1 aromatic heterocycles. The molecule has 0 radical (unpaired) electrons. The molecule has 9 heteroatoms. The van der Waals surface area contributed by atoms with Crippen molar-refractivity contribution < 1.29 is 28.2 Å². The number of hydrogen-bond acceptors (Lipinski definition) is 6. The van der Waals surface area contributed by atoms with Crippen LogP contribution in [0.4, 0.5) is 9.18 Å². The van der Waals surface area contributed by atoms with E-state index in [1.165, 1.54) is 19.4 Å². The van der Waals surface area contributed by atoms with Gasteiger partial charge in [-0.15, -0.1) is 0 Å². The highest BCUT2D eigenvalue weighted by molar-refractivity contribution is 6.06. The predicted molar refractivity (Wildman–Crippen MR) is 143 cm³/mol. The molecule has 1 fully saturated rings. The summed E-state index contributed by atoms with van der Waals surface area (Å²) in [6.45, 7) is 9.20. The van der Waals surface area contributed by atoms with Crippen molar-refractivity contribution in [2.45, 2.75) is 52.1 Å². The number of piperidine rings is 1. The SMILES string of the molecule is CCO/C=C\c1c2c(C(=O)OC)cc(F)cc2nn1-c1ccc(C2CCCN(C(=O)OC(C)(C)C)C2)cc1. The topological polar surface area (TPSA) is 82.9 Å². The second kappa shape index (κ2) is 11.2. The molecule has 4 rings (SSSR count). The molecule has 2 heterocycles. The Bertz CT molecular complexity index is 1340. The van der Waals surface area contributed by atoms with Crippen molar-refractivity contribution in [3.63, 3.8) is 0 Å². The number of halogens is 1. The molecule has 1 atom stereocenters. The van der Waals surface area contributed by atoms with Crippen molar-refractivity contribution in [2.24, 2.45) is 0 Å². The first-order chi connectivity index (χ1) is 18.1. The molecular formula is C29H34FN3O5. The van der Waals surface area contributed by atoms with E-state index in [2.05, 4.69) is 5.10 Å². The number of aromatic nitrogens is 2. The summed E-state index contributed by atoms with van der Waals surface area (Å²) in [5.41, 5.74) is 2.28. The average Bonchev–Trinajstić information content (AvgIpc) is 3.25. The molecule has 0 saturated carbocycles. The van der Waals surface area contributed by atoms with E-state index in [1.807, 2.05) is 52.0 Å². The van der Waals surface area contributed by atoms with Gasteiger partial charge in [0.15, 0.2) is 0 Å². The van der Waals surface area contributed by atoms with Gasteiger partial charge in [0.05, 0.1) is 42.4 Å². The first kappa shape index (κ1) is 27.2. The Labute approximate surface area is 222 Å². The van der Waals surface area contributed by atoms with E-state index in [9.17, 15) is 14.0 Å². The van der Waals surface area contributed by atoms with Crippen molar-refractivity contribution in [3.05, 3.63) is 65.3 Å². The number of likely N-dealkylation sites (tertiary alicyclic amines) is 1. The highest BCUT2D eigenvalue weighted by atomic mass is 19.1. The highest BCUT2D eigenvalue weighted by Crippen LogP contribution is 2.31. The van der Waals surface area contributed by atoms with Crippen LogP contribution in [0.15, 0.2) is 42.7 Å². The zero-order valence-electron chi connectivity index (χ0n) is 22.5. The molecule has 1 saturated heterocycles. The molecule has 3 aromatic rings. The smallest absolute Gasteiger partial charge is 0.410 e. The second-order valence-corrected chi connectivity index (χ2v) is 10.3. The van der Waals surface area contributed by atoms with Gasteiger partial charge in [0, 0.05) is 30.5 Å². The lowest BCUT2D eigenvalue weighted by atomic mass is 9.90. The Morgan fingerprint density at radius 3 is 2.58 bits per heavy atom. The number of carbonyl (C=O) groups excluding carboxylic acids is 2. The molecule has 202 valence electrons. The third-order valence-corrected chi connectivity index (χ3v) is 6.35. The number of ether oxygens (including phenoxy) is 3. The Kier molecular flexibility index (Phi) is 8.04. The lowest BCUT2D eigenvalue weighted by Gasteiger charge is -2.34. The fourth-order valence-electron chi connectivity index (χ4n) is 4.67. The molecular weight excluding hydrogens is 489 g/mol. The molecule has 1 aliphatic heterocycles. The Morgan fingerprint density at radius 1 is 1.18 bits per heavy atom. The quantitative estimate of drug-likeness (QED) is 0.288. The van der Waals surface area contributed by atoms with E-state index in [0.717, 1.165) is 30.2 Å². The first-order valence-corrected chi connectivity index (χ1v) is 12.8. The summed E-state index contributed by atoms with van der Waals surface area (Å²) in [4.78, 5) is 26.8.